The van der Waals surface area contributed by atoms with E-state index < -0.39 is 5.97 Å². The number of benzene rings is 1. The molecule has 1 aromatic heterocycles. The first kappa shape index (κ1) is 24.3. The Balaban J connectivity index is 1.73. The average Bonchev–Trinajstić information content (AvgIpc) is 3.37. The van der Waals surface area contributed by atoms with Crippen LogP contribution in [-0.4, -0.2) is 85.4 Å². The van der Waals surface area contributed by atoms with Crippen molar-refractivity contribution < 1.29 is 14.3 Å². The number of hydrogen-bond donors (Lipinski definition) is 0. The third kappa shape index (κ3) is 4.86. The van der Waals surface area contributed by atoms with Gasteiger partial charge in [-0.15, -0.1) is 11.8 Å². The highest BCUT2D eigenvalue weighted by Crippen LogP contribution is 2.32. The molecule has 182 valence electrons. The molecule has 34 heavy (non-hydrogen) atoms. The number of para-hydroxylation sites is 1. The summed E-state index contributed by atoms with van der Waals surface area (Å²) in [6.07, 6.45) is 2.95. The first-order valence-corrected chi connectivity index (χ1v) is 12.8. The predicted octanol–water partition coefficient (Wildman–Crippen LogP) is 2.41. The van der Waals surface area contributed by atoms with Gasteiger partial charge in [0.1, 0.15) is 5.56 Å². The maximum atomic E-state index is 13.7. The molecule has 1 aromatic carbocycles. The number of anilines is 1. The Labute approximate surface area is 204 Å². The van der Waals surface area contributed by atoms with E-state index in [9.17, 15) is 14.4 Å². The number of thioether (sulfide) groups is 1. The minimum atomic E-state index is -0.599. The van der Waals surface area contributed by atoms with Gasteiger partial charge < -0.3 is 24.0 Å². The van der Waals surface area contributed by atoms with Crippen molar-refractivity contribution in [1.29, 1.82) is 0 Å². The molecule has 1 saturated heterocycles. The van der Waals surface area contributed by atoms with Crippen molar-refractivity contribution in [3.63, 3.8) is 0 Å². The summed E-state index contributed by atoms with van der Waals surface area (Å²) >= 11 is 1.61. The van der Waals surface area contributed by atoms with Gasteiger partial charge in [0.2, 0.25) is 0 Å². The number of piperazine rings is 1. The van der Waals surface area contributed by atoms with Crippen molar-refractivity contribution in [3.8, 4) is 0 Å². The number of carbonyl (C=O) groups excluding carboxylic acids is 2. The van der Waals surface area contributed by atoms with Crippen LogP contribution < -0.4 is 10.5 Å². The molecule has 0 radical (unpaired) electrons. The van der Waals surface area contributed by atoms with Crippen LogP contribution in [0, 0.1) is 0 Å². The van der Waals surface area contributed by atoms with Gasteiger partial charge >= 0.3 is 5.97 Å². The van der Waals surface area contributed by atoms with E-state index in [2.05, 4.69) is 4.90 Å². The van der Waals surface area contributed by atoms with Gasteiger partial charge in [-0.1, -0.05) is 24.3 Å². The molecule has 1 fully saturated rings. The highest BCUT2D eigenvalue weighted by molar-refractivity contribution is 8.04. The van der Waals surface area contributed by atoms with Crippen LogP contribution in [0.2, 0.25) is 0 Å². The number of likely N-dealkylation sites (N-methyl/N-ethyl adjacent to an activating group) is 1. The van der Waals surface area contributed by atoms with Crippen LogP contribution in [0.3, 0.4) is 0 Å². The zero-order chi connectivity index (χ0) is 24.2. The standard InChI is InChI=1S/C25H32N4O4S/c1-4-33-25(32)21-22(27-12-14-28(15-13-27)23(30)20-10-7-17-34-20)18-8-5-6-9-19(18)29(24(21)31)16-11-26(2)3/h5-6,8-10H,4,7,11-17H2,1-3H3. The SMILES string of the molecule is CCOC(=O)c1c(N2CCN(C(=O)C3=CCCS3)CC2)c2ccccc2n(CCN(C)C)c1=O. The lowest BCUT2D eigenvalue weighted by Gasteiger charge is -2.37. The Hall–Kier alpha value is -2.78. The number of esters is 1. The summed E-state index contributed by atoms with van der Waals surface area (Å²) in [6, 6.07) is 7.71. The average molecular weight is 485 g/mol. The normalized spacial score (nSPS) is 16.3. The van der Waals surface area contributed by atoms with E-state index in [-0.39, 0.29) is 23.6 Å². The van der Waals surface area contributed by atoms with Gasteiger partial charge in [-0.25, -0.2) is 4.79 Å². The fourth-order valence-electron chi connectivity index (χ4n) is 4.48. The van der Waals surface area contributed by atoms with Crippen molar-refractivity contribution in [1.82, 2.24) is 14.4 Å². The summed E-state index contributed by atoms with van der Waals surface area (Å²) in [6.45, 7) is 5.23. The molecule has 0 atom stereocenters. The molecule has 0 unspecified atom stereocenters. The summed E-state index contributed by atoms with van der Waals surface area (Å²) in [5.74, 6) is 0.439. The Morgan fingerprint density at radius 1 is 1.12 bits per heavy atom. The summed E-state index contributed by atoms with van der Waals surface area (Å²) in [7, 11) is 3.91. The zero-order valence-corrected chi connectivity index (χ0v) is 20.9. The van der Waals surface area contributed by atoms with E-state index in [1.165, 1.54) is 0 Å². The lowest BCUT2D eigenvalue weighted by Crippen LogP contribution is -2.50. The molecular formula is C25H32N4O4S. The second kappa shape index (κ2) is 10.7. The number of hydrogen-bond acceptors (Lipinski definition) is 7. The number of aromatic nitrogens is 1. The Bertz CT molecular complexity index is 1170. The molecule has 2 aliphatic rings. The van der Waals surface area contributed by atoms with Crippen molar-refractivity contribution >= 4 is 40.2 Å². The van der Waals surface area contributed by atoms with Crippen LogP contribution in [0.4, 0.5) is 5.69 Å². The zero-order valence-electron chi connectivity index (χ0n) is 20.1. The number of rotatable bonds is 7. The summed E-state index contributed by atoms with van der Waals surface area (Å²) in [4.78, 5) is 46.3. The van der Waals surface area contributed by atoms with E-state index in [0.717, 1.165) is 28.0 Å². The fraction of sp³-hybridized carbons (Fsp3) is 0.480. The first-order valence-electron chi connectivity index (χ1n) is 11.8. The van der Waals surface area contributed by atoms with Crippen LogP contribution in [0.5, 0.6) is 0 Å². The highest BCUT2D eigenvalue weighted by atomic mass is 32.2. The summed E-state index contributed by atoms with van der Waals surface area (Å²) in [5, 5.41) is 0.845. The van der Waals surface area contributed by atoms with E-state index in [4.69, 9.17) is 4.74 Å². The van der Waals surface area contributed by atoms with Gasteiger partial charge in [-0.2, -0.15) is 0 Å². The van der Waals surface area contributed by atoms with Gasteiger partial charge in [0.25, 0.3) is 11.5 Å². The van der Waals surface area contributed by atoms with Crippen LogP contribution in [-0.2, 0) is 16.1 Å². The summed E-state index contributed by atoms with van der Waals surface area (Å²) in [5.41, 5.74) is 1.15. The third-order valence-electron chi connectivity index (χ3n) is 6.20. The molecular weight excluding hydrogens is 452 g/mol. The molecule has 8 nitrogen and oxygen atoms in total. The number of nitrogens with zero attached hydrogens (tertiary/aromatic N) is 4. The fourth-order valence-corrected chi connectivity index (χ4v) is 5.43. The second-order valence-electron chi connectivity index (χ2n) is 8.71. The molecule has 0 bridgehead atoms. The second-order valence-corrected chi connectivity index (χ2v) is 9.84. The van der Waals surface area contributed by atoms with Gasteiger partial charge in [0, 0.05) is 50.4 Å². The molecule has 0 aliphatic carbocycles. The number of ether oxygens (including phenoxy) is 1. The minimum absolute atomic E-state index is 0.0770. The highest BCUT2D eigenvalue weighted by Gasteiger charge is 2.31. The number of fused-ring (bicyclic) bond motifs is 1. The van der Waals surface area contributed by atoms with Crippen molar-refractivity contribution in [2.24, 2.45) is 0 Å². The Morgan fingerprint density at radius 3 is 2.50 bits per heavy atom. The van der Waals surface area contributed by atoms with Crippen LogP contribution in [0.15, 0.2) is 40.0 Å². The topological polar surface area (TPSA) is 75.1 Å². The number of amides is 1. The van der Waals surface area contributed by atoms with Crippen LogP contribution in [0.25, 0.3) is 10.9 Å². The molecule has 2 aliphatic heterocycles. The third-order valence-corrected chi connectivity index (χ3v) is 7.29. The molecule has 0 saturated carbocycles. The van der Waals surface area contributed by atoms with E-state index in [1.54, 1.807) is 23.3 Å². The minimum Gasteiger partial charge on any atom is -0.462 e. The van der Waals surface area contributed by atoms with Gasteiger partial charge in [-0.3, -0.25) is 9.59 Å². The Morgan fingerprint density at radius 2 is 1.85 bits per heavy atom. The molecule has 0 spiro atoms. The molecule has 3 heterocycles. The van der Waals surface area contributed by atoms with Gasteiger partial charge in [0.05, 0.1) is 22.7 Å². The largest absolute Gasteiger partial charge is 0.462 e. The molecule has 1 amide bonds. The predicted molar refractivity (Wildman–Crippen MR) is 137 cm³/mol. The summed E-state index contributed by atoms with van der Waals surface area (Å²) < 4.78 is 7.01. The number of pyridine rings is 1. The van der Waals surface area contributed by atoms with E-state index >= 15 is 0 Å². The molecule has 9 heteroatoms. The first-order chi connectivity index (χ1) is 16.4. The van der Waals surface area contributed by atoms with Gasteiger partial charge in [0.15, 0.2) is 0 Å². The lowest BCUT2D eigenvalue weighted by molar-refractivity contribution is -0.126. The monoisotopic (exact) mass is 484 g/mol. The lowest BCUT2D eigenvalue weighted by atomic mass is 10.1. The quantitative estimate of drug-likeness (QED) is 0.559. The maximum absolute atomic E-state index is 13.7. The van der Waals surface area contributed by atoms with Crippen LogP contribution >= 0.6 is 11.8 Å². The number of allylic oxidation sites excluding steroid dienone is 1. The number of carbonyl (C=O) groups is 2. The smallest absolute Gasteiger partial charge is 0.345 e. The van der Waals surface area contributed by atoms with E-state index in [1.807, 2.05) is 54.2 Å². The van der Waals surface area contributed by atoms with Crippen LogP contribution in [0.1, 0.15) is 23.7 Å². The Kier molecular flexibility index (Phi) is 7.63. The van der Waals surface area contributed by atoms with Gasteiger partial charge in [-0.05, 0) is 33.5 Å². The maximum Gasteiger partial charge on any atom is 0.345 e. The van der Waals surface area contributed by atoms with Crippen molar-refractivity contribution in [2.75, 3.05) is 64.1 Å². The van der Waals surface area contributed by atoms with E-state index in [0.29, 0.717) is 45.0 Å². The molecule has 2 aromatic rings. The molecule has 0 N–H and O–H groups in total. The van der Waals surface area contributed by atoms with Crippen molar-refractivity contribution in [2.45, 2.75) is 19.9 Å². The molecule has 4 rings (SSSR count). The van der Waals surface area contributed by atoms with Crippen molar-refractivity contribution in [3.05, 3.63) is 51.2 Å².